The van der Waals surface area contributed by atoms with E-state index in [1.54, 1.807) is 35.4 Å². The zero-order chi connectivity index (χ0) is 27.0. The Labute approximate surface area is 227 Å². The fourth-order valence-corrected chi connectivity index (χ4v) is 4.61. The first-order chi connectivity index (χ1) is 18.4. The number of benzene rings is 2. The van der Waals surface area contributed by atoms with Gasteiger partial charge in [-0.3, -0.25) is 19.9 Å². The summed E-state index contributed by atoms with van der Waals surface area (Å²) in [6.07, 6.45) is 2.50. The number of nitrogens with zero attached hydrogens (tertiary/aromatic N) is 2. The third-order valence-electron chi connectivity index (χ3n) is 6.86. The van der Waals surface area contributed by atoms with E-state index in [0.717, 1.165) is 17.5 Å². The highest BCUT2D eigenvalue weighted by molar-refractivity contribution is 6.31. The second kappa shape index (κ2) is 12.6. The number of amides is 3. The standard InChI is InChI=1S/C29H31ClN4O4/c1-2-21-10-12-23(13-11-21)33-28(37)38-20-29(27(36)32-19-22-7-3-4-8-24(22)30)14-17-34(18-15-29)26(35)25-9-5-6-16-31-25/h3-13,16H,2,14-15,17-20H2,1H3,(H,32,36)(H,33,37). The molecule has 0 radical (unpaired) electrons. The van der Waals surface area contributed by atoms with E-state index in [2.05, 4.69) is 22.5 Å². The minimum absolute atomic E-state index is 0.119. The van der Waals surface area contributed by atoms with Crippen LogP contribution in [-0.4, -0.2) is 47.5 Å². The zero-order valence-electron chi connectivity index (χ0n) is 21.3. The Morgan fingerprint density at radius 3 is 2.37 bits per heavy atom. The number of rotatable bonds is 8. The van der Waals surface area contributed by atoms with Crippen LogP contribution in [0.5, 0.6) is 0 Å². The molecule has 8 nitrogen and oxygen atoms in total. The number of ether oxygens (including phenoxy) is 1. The van der Waals surface area contributed by atoms with E-state index in [1.807, 2.05) is 42.5 Å². The minimum atomic E-state index is -0.994. The molecule has 198 valence electrons. The summed E-state index contributed by atoms with van der Waals surface area (Å²) < 4.78 is 5.57. The van der Waals surface area contributed by atoms with E-state index in [0.29, 0.717) is 42.3 Å². The maximum Gasteiger partial charge on any atom is 0.411 e. The fourth-order valence-electron chi connectivity index (χ4n) is 4.41. The van der Waals surface area contributed by atoms with Crippen molar-refractivity contribution in [1.82, 2.24) is 15.2 Å². The minimum Gasteiger partial charge on any atom is -0.448 e. The average Bonchev–Trinajstić information content (AvgIpc) is 2.96. The van der Waals surface area contributed by atoms with Gasteiger partial charge < -0.3 is 15.0 Å². The molecular formula is C29H31ClN4O4. The number of hydrogen-bond donors (Lipinski definition) is 2. The molecule has 1 fully saturated rings. The molecule has 2 heterocycles. The zero-order valence-corrected chi connectivity index (χ0v) is 22.0. The monoisotopic (exact) mass is 534 g/mol. The van der Waals surface area contributed by atoms with Crippen molar-refractivity contribution in [2.24, 2.45) is 5.41 Å². The molecule has 3 aromatic rings. The Morgan fingerprint density at radius 2 is 1.71 bits per heavy atom. The number of aryl methyl sites for hydroxylation is 1. The predicted molar refractivity (Wildman–Crippen MR) is 146 cm³/mol. The van der Waals surface area contributed by atoms with Gasteiger partial charge in [0.2, 0.25) is 5.91 Å². The van der Waals surface area contributed by atoms with Crippen LogP contribution in [0, 0.1) is 5.41 Å². The predicted octanol–water partition coefficient (Wildman–Crippen LogP) is 5.08. The van der Waals surface area contributed by atoms with Crippen LogP contribution in [0.1, 0.15) is 41.4 Å². The molecule has 3 amide bonds. The quantitative estimate of drug-likeness (QED) is 0.419. The summed E-state index contributed by atoms with van der Waals surface area (Å²) in [6.45, 7) is 2.84. The number of hydrogen-bond acceptors (Lipinski definition) is 5. The highest BCUT2D eigenvalue weighted by atomic mass is 35.5. The van der Waals surface area contributed by atoms with Gasteiger partial charge in [0, 0.05) is 36.5 Å². The molecule has 0 bridgehead atoms. The topological polar surface area (TPSA) is 101 Å². The molecular weight excluding hydrogens is 504 g/mol. The van der Waals surface area contributed by atoms with Crippen molar-refractivity contribution in [3.05, 3.63) is 94.8 Å². The van der Waals surface area contributed by atoms with Gasteiger partial charge >= 0.3 is 6.09 Å². The second-order valence-electron chi connectivity index (χ2n) is 9.31. The van der Waals surface area contributed by atoms with Gasteiger partial charge in [-0.05, 0) is 60.7 Å². The van der Waals surface area contributed by atoms with Crippen molar-refractivity contribution >= 4 is 35.2 Å². The van der Waals surface area contributed by atoms with Crippen LogP contribution >= 0.6 is 11.6 Å². The summed E-state index contributed by atoms with van der Waals surface area (Å²) in [4.78, 5) is 44.8. The molecule has 38 heavy (non-hydrogen) atoms. The smallest absolute Gasteiger partial charge is 0.411 e. The lowest BCUT2D eigenvalue weighted by Crippen LogP contribution is -2.52. The molecule has 0 atom stereocenters. The summed E-state index contributed by atoms with van der Waals surface area (Å²) in [5, 5.41) is 6.24. The van der Waals surface area contributed by atoms with Crippen LogP contribution in [0.4, 0.5) is 10.5 Å². The van der Waals surface area contributed by atoms with Gasteiger partial charge in [0.05, 0.1) is 5.41 Å². The Bertz CT molecular complexity index is 1260. The van der Waals surface area contributed by atoms with Crippen molar-refractivity contribution in [2.75, 3.05) is 25.0 Å². The Kier molecular flexibility index (Phi) is 8.97. The Hall–Kier alpha value is -3.91. The highest BCUT2D eigenvalue weighted by Gasteiger charge is 2.43. The molecule has 2 N–H and O–H groups in total. The van der Waals surface area contributed by atoms with Crippen LogP contribution in [0.3, 0.4) is 0 Å². The van der Waals surface area contributed by atoms with Crippen molar-refractivity contribution in [3.8, 4) is 0 Å². The number of aromatic nitrogens is 1. The van der Waals surface area contributed by atoms with Gasteiger partial charge in [-0.2, -0.15) is 0 Å². The number of anilines is 1. The summed E-state index contributed by atoms with van der Waals surface area (Å²) >= 11 is 6.26. The van der Waals surface area contributed by atoms with Gasteiger partial charge in [0.15, 0.2) is 0 Å². The Morgan fingerprint density at radius 1 is 1.00 bits per heavy atom. The van der Waals surface area contributed by atoms with E-state index < -0.39 is 11.5 Å². The van der Waals surface area contributed by atoms with Crippen molar-refractivity contribution in [3.63, 3.8) is 0 Å². The third kappa shape index (κ3) is 6.69. The normalized spacial score (nSPS) is 14.4. The molecule has 2 aromatic carbocycles. The van der Waals surface area contributed by atoms with Gasteiger partial charge in [-0.15, -0.1) is 0 Å². The number of piperidine rings is 1. The summed E-state index contributed by atoms with van der Waals surface area (Å²) in [6, 6.07) is 20.0. The van der Waals surface area contributed by atoms with E-state index in [9.17, 15) is 14.4 Å². The SMILES string of the molecule is CCc1ccc(NC(=O)OCC2(C(=O)NCc3ccccc3Cl)CCN(C(=O)c3ccccn3)CC2)cc1. The third-order valence-corrected chi connectivity index (χ3v) is 7.23. The van der Waals surface area contributed by atoms with Crippen LogP contribution in [0.25, 0.3) is 0 Å². The molecule has 9 heteroatoms. The molecule has 0 unspecified atom stereocenters. The van der Waals surface area contributed by atoms with Crippen molar-refractivity contribution in [2.45, 2.75) is 32.7 Å². The van der Waals surface area contributed by atoms with Gasteiger partial charge in [-0.1, -0.05) is 54.9 Å². The van der Waals surface area contributed by atoms with Gasteiger partial charge in [-0.25, -0.2) is 4.79 Å². The summed E-state index contributed by atoms with van der Waals surface area (Å²) in [7, 11) is 0. The number of likely N-dealkylation sites (tertiary alicyclic amines) is 1. The summed E-state index contributed by atoms with van der Waals surface area (Å²) in [5.74, 6) is -0.438. The highest BCUT2D eigenvalue weighted by Crippen LogP contribution is 2.33. The molecule has 0 spiro atoms. The lowest BCUT2D eigenvalue weighted by atomic mass is 9.78. The van der Waals surface area contributed by atoms with E-state index in [-0.39, 0.29) is 25.0 Å². The molecule has 1 aliphatic rings. The molecule has 1 saturated heterocycles. The first kappa shape index (κ1) is 27.1. The molecule has 1 aliphatic heterocycles. The van der Waals surface area contributed by atoms with Crippen molar-refractivity contribution in [1.29, 1.82) is 0 Å². The number of nitrogens with one attached hydrogen (secondary N) is 2. The van der Waals surface area contributed by atoms with E-state index in [4.69, 9.17) is 16.3 Å². The van der Waals surface area contributed by atoms with Gasteiger partial charge in [0.25, 0.3) is 5.91 Å². The van der Waals surface area contributed by atoms with Crippen LogP contribution in [0.15, 0.2) is 72.9 Å². The number of pyridine rings is 1. The first-order valence-electron chi connectivity index (χ1n) is 12.6. The van der Waals surface area contributed by atoms with E-state index in [1.165, 1.54) is 0 Å². The second-order valence-corrected chi connectivity index (χ2v) is 9.72. The molecule has 4 rings (SSSR count). The maximum atomic E-state index is 13.5. The van der Waals surface area contributed by atoms with Crippen LogP contribution in [0.2, 0.25) is 5.02 Å². The number of carbonyl (C=O) groups excluding carboxylic acids is 3. The van der Waals surface area contributed by atoms with E-state index >= 15 is 0 Å². The fraction of sp³-hybridized carbons (Fsp3) is 0.310. The van der Waals surface area contributed by atoms with Crippen LogP contribution < -0.4 is 10.6 Å². The Balaban J connectivity index is 1.43. The molecule has 1 aromatic heterocycles. The van der Waals surface area contributed by atoms with Crippen molar-refractivity contribution < 1.29 is 19.1 Å². The molecule has 0 saturated carbocycles. The lowest BCUT2D eigenvalue weighted by Gasteiger charge is -2.40. The average molecular weight is 535 g/mol. The largest absolute Gasteiger partial charge is 0.448 e. The summed E-state index contributed by atoms with van der Waals surface area (Å²) in [5.41, 5.74) is 1.92. The first-order valence-corrected chi connectivity index (χ1v) is 13.0. The van der Waals surface area contributed by atoms with Crippen LogP contribution in [-0.2, 0) is 22.5 Å². The number of carbonyl (C=O) groups is 3. The van der Waals surface area contributed by atoms with Gasteiger partial charge in [0.1, 0.15) is 12.3 Å². The molecule has 0 aliphatic carbocycles. The number of halogens is 1. The lowest BCUT2D eigenvalue weighted by molar-refractivity contribution is -0.136. The maximum absolute atomic E-state index is 13.5.